The molecule has 1 aliphatic heterocycles. The minimum Gasteiger partial charge on any atom is -0.492 e. The van der Waals surface area contributed by atoms with Crippen molar-refractivity contribution in [1.29, 1.82) is 0 Å². The maximum Gasteiger partial charge on any atom is 0.350 e. The van der Waals surface area contributed by atoms with Crippen LogP contribution in [0.5, 0.6) is 5.75 Å². The molecule has 30 heavy (non-hydrogen) atoms. The lowest BCUT2D eigenvalue weighted by atomic mass is 9.96. The molecule has 1 aromatic heterocycles. The lowest BCUT2D eigenvalue weighted by molar-refractivity contribution is 0.166. The maximum absolute atomic E-state index is 14.8. The van der Waals surface area contributed by atoms with Gasteiger partial charge in [0, 0.05) is 44.8 Å². The number of rotatable bonds is 7. The zero-order chi connectivity index (χ0) is 21.6. The van der Waals surface area contributed by atoms with Crippen molar-refractivity contribution >= 4 is 16.6 Å². The Morgan fingerprint density at radius 3 is 2.60 bits per heavy atom. The molecule has 0 spiro atoms. The molecule has 2 heterocycles. The Morgan fingerprint density at radius 2 is 1.97 bits per heavy atom. The molecule has 1 saturated heterocycles. The first-order valence-electron chi connectivity index (χ1n) is 10.2. The van der Waals surface area contributed by atoms with Crippen LogP contribution in [0.2, 0.25) is 0 Å². The van der Waals surface area contributed by atoms with E-state index >= 15 is 0 Å². The molecule has 4 N–H and O–H groups in total. The Labute approximate surface area is 172 Å². The summed E-state index contributed by atoms with van der Waals surface area (Å²) < 4.78 is 27.7. The molecule has 0 bridgehead atoms. The molecule has 1 saturated carbocycles. The summed E-state index contributed by atoms with van der Waals surface area (Å²) in [6, 6.07) is 3.00. The number of methoxy groups -OCH3 is 2. The number of halogens is 1. The monoisotopic (exact) mass is 421 g/mol. The smallest absolute Gasteiger partial charge is 0.350 e. The molecule has 0 unspecified atom stereocenters. The van der Waals surface area contributed by atoms with Crippen LogP contribution in [0, 0.1) is 5.92 Å². The fourth-order valence-electron chi connectivity index (χ4n) is 4.38. The molecule has 4 rings (SSSR count). The second kappa shape index (κ2) is 7.92. The van der Waals surface area contributed by atoms with Crippen LogP contribution in [0.3, 0.4) is 0 Å². The highest BCUT2D eigenvalue weighted by Gasteiger charge is 2.38. The van der Waals surface area contributed by atoms with Gasteiger partial charge in [0.25, 0.3) is 5.56 Å². The molecule has 0 radical (unpaired) electrons. The van der Waals surface area contributed by atoms with Gasteiger partial charge in [-0.15, -0.1) is 0 Å². The average Bonchev–Trinajstić information content (AvgIpc) is 3.50. The lowest BCUT2D eigenvalue weighted by Crippen LogP contribution is -2.44. The topological polar surface area (TPSA) is 118 Å². The number of hydrogen-bond acceptors (Lipinski definition) is 7. The number of benzene rings is 1. The summed E-state index contributed by atoms with van der Waals surface area (Å²) in [5.74, 6) is 5.76. The Balaban J connectivity index is 1.80. The minimum atomic E-state index is -1.10. The number of fused-ring (bicyclic) bond motifs is 1. The molecule has 2 aliphatic rings. The molecule has 1 aliphatic carbocycles. The Kier molecular flexibility index (Phi) is 5.46. The zero-order valence-electron chi connectivity index (χ0n) is 17.2. The number of ether oxygens (including phenoxy) is 2. The van der Waals surface area contributed by atoms with Gasteiger partial charge in [-0.25, -0.2) is 9.18 Å². The van der Waals surface area contributed by atoms with Gasteiger partial charge in [-0.2, -0.15) is 4.68 Å². The van der Waals surface area contributed by atoms with Gasteiger partial charge in [-0.3, -0.25) is 9.36 Å². The Morgan fingerprint density at radius 1 is 1.23 bits per heavy atom. The summed E-state index contributed by atoms with van der Waals surface area (Å²) in [6.07, 6.45) is 1.13. The predicted molar refractivity (Wildman–Crippen MR) is 113 cm³/mol. The third-order valence-electron chi connectivity index (χ3n) is 6.17. The van der Waals surface area contributed by atoms with Crippen LogP contribution in [0.4, 0.5) is 10.1 Å². The van der Waals surface area contributed by atoms with E-state index in [0.717, 1.165) is 12.8 Å². The zero-order valence-corrected chi connectivity index (χ0v) is 17.2. The van der Waals surface area contributed by atoms with Gasteiger partial charge in [0.05, 0.1) is 18.2 Å². The number of anilines is 1. The van der Waals surface area contributed by atoms with Crippen LogP contribution in [0.15, 0.2) is 21.7 Å². The average molecular weight is 421 g/mol. The van der Waals surface area contributed by atoms with Crippen molar-refractivity contribution in [2.75, 3.05) is 44.7 Å². The second-order valence-corrected chi connectivity index (χ2v) is 8.10. The van der Waals surface area contributed by atoms with Crippen molar-refractivity contribution < 1.29 is 13.9 Å². The van der Waals surface area contributed by atoms with Gasteiger partial charge in [-0.1, -0.05) is 0 Å². The maximum atomic E-state index is 14.8. The molecular weight excluding hydrogens is 393 g/mol. The molecule has 164 valence electrons. The van der Waals surface area contributed by atoms with Crippen LogP contribution < -0.4 is 32.5 Å². The number of nitrogen functional groups attached to an aromatic ring is 1. The van der Waals surface area contributed by atoms with Crippen molar-refractivity contribution in [2.24, 2.45) is 11.7 Å². The van der Waals surface area contributed by atoms with Gasteiger partial charge in [0.2, 0.25) is 0 Å². The van der Waals surface area contributed by atoms with Crippen molar-refractivity contribution in [3.63, 3.8) is 0 Å². The van der Waals surface area contributed by atoms with E-state index in [2.05, 4.69) is 0 Å². The van der Waals surface area contributed by atoms with Crippen LogP contribution in [0.25, 0.3) is 10.9 Å². The fourth-order valence-corrected chi connectivity index (χ4v) is 4.38. The number of nitrogens with two attached hydrogens (primary N) is 2. The normalized spacial score (nSPS) is 22.6. The third-order valence-corrected chi connectivity index (χ3v) is 6.17. The summed E-state index contributed by atoms with van der Waals surface area (Å²) in [6.45, 7) is 1.05. The molecule has 0 amide bonds. The van der Waals surface area contributed by atoms with Crippen molar-refractivity contribution in [3.05, 3.63) is 33.0 Å². The third kappa shape index (κ3) is 3.33. The van der Waals surface area contributed by atoms with Crippen LogP contribution in [-0.2, 0) is 4.74 Å². The molecule has 3 atom stereocenters. The van der Waals surface area contributed by atoms with Gasteiger partial charge in [0.15, 0.2) is 5.75 Å². The summed E-state index contributed by atoms with van der Waals surface area (Å²) in [4.78, 5) is 27.2. The summed E-state index contributed by atoms with van der Waals surface area (Å²) in [7, 11) is 3.08. The second-order valence-electron chi connectivity index (χ2n) is 8.10. The summed E-state index contributed by atoms with van der Waals surface area (Å²) in [5, 5.41) is 0.300. The Bertz CT molecular complexity index is 1060. The highest BCUT2D eigenvalue weighted by molar-refractivity contribution is 5.91. The van der Waals surface area contributed by atoms with E-state index in [1.807, 2.05) is 4.90 Å². The molecular formula is C20H28FN5O4. The van der Waals surface area contributed by atoms with Gasteiger partial charge < -0.3 is 25.9 Å². The summed E-state index contributed by atoms with van der Waals surface area (Å²) in [5.41, 5.74) is 6.10. The van der Waals surface area contributed by atoms with Gasteiger partial charge >= 0.3 is 5.69 Å². The molecule has 2 aromatic rings. The first kappa shape index (κ1) is 20.7. The molecule has 2 fully saturated rings. The molecule has 10 heteroatoms. The van der Waals surface area contributed by atoms with Crippen molar-refractivity contribution in [2.45, 2.75) is 37.5 Å². The number of hydrogen-bond donors (Lipinski definition) is 2. The van der Waals surface area contributed by atoms with Gasteiger partial charge in [-0.05, 0) is 31.4 Å². The van der Waals surface area contributed by atoms with E-state index < -0.39 is 17.4 Å². The van der Waals surface area contributed by atoms with Crippen molar-refractivity contribution in [3.8, 4) is 5.75 Å². The largest absolute Gasteiger partial charge is 0.492 e. The first-order valence-corrected chi connectivity index (χ1v) is 10.2. The Hall–Kier alpha value is -2.59. The van der Waals surface area contributed by atoms with Crippen LogP contribution >= 0.6 is 0 Å². The quantitative estimate of drug-likeness (QED) is 0.620. The van der Waals surface area contributed by atoms with Gasteiger partial charge in [0.1, 0.15) is 11.7 Å². The lowest BCUT2D eigenvalue weighted by Gasteiger charge is -2.24. The van der Waals surface area contributed by atoms with E-state index in [-0.39, 0.29) is 24.5 Å². The summed E-state index contributed by atoms with van der Waals surface area (Å²) >= 11 is 0. The SMILES string of the molecule is COCC[C@@H](N)[C@H]1CN(c2ccc3c(=O)n(N)c(=O)n(C4CC4)c3c2OC)C[C@@H]1F. The number of alkyl halides is 1. The molecule has 9 nitrogen and oxygen atoms in total. The minimum absolute atomic E-state index is 0.0257. The van der Waals surface area contributed by atoms with Crippen molar-refractivity contribution in [1.82, 2.24) is 9.24 Å². The fraction of sp³-hybridized carbons (Fsp3) is 0.600. The van der Waals surface area contributed by atoms with Crippen LogP contribution in [0.1, 0.15) is 25.3 Å². The van der Waals surface area contributed by atoms with E-state index in [1.54, 1.807) is 19.2 Å². The highest BCUT2D eigenvalue weighted by atomic mass is 19.1. The van der Waals surface area contributed by atoms with E-state index in [4.69, 9.17) is 21.1 Å². The van der Waals surface area contributed by atoms with E-state index in [9.17, 15) is 14.0 Å². The predicted octanol–water partition coefficient (Wildman–Crippen LogP) is 0.359. The number of nitrogens with zero attached hydrogens (tertiary/aromatic N) is 3. The highest BCUT2D eigenvalue weighted by Crippen LogP contribution is 2.42. The standard InChI is InChI=1S/C20H28FN5O4/c1-29-8-7-15(22)13-9-24(10-14(13)21)16-6-5-12-17(18(16)30-2)25(11-3-4-11)20(28)26(23)19(12)27/h5-6,11,13-15H,3-4,7-10,22-23H2,1-2H3/t13-,14-,15+/m0/s1. The van der Waals surface area contributed by atoms with E-state index in [1.165, 1.54) is 11.7 Å². The van der Waals surface area contributed by atoms with E-state index in [0.29, 0.717) is 46.6 Å². The molecule has 1 aromatic carbocycles. The van der Waals surface area contributed by atoms with Crippen LogP contribution in [-0.4, -0.2) is 55.4 Å². The first-order chi connectivity index (χ1) is 14.4. The number of aromatic nitrogens is 2.